The number of hydrogen-bond acceptors (Lipinski definition) is 3. The third-order valence-electron chi connectivity index (χ3n) is 2.20. The first kappa shape index (κ1) is 10.7. The first-order valence-electron chi connectivity index (χ1n) is 4.62. The standard InChI is InChI=1S/C11H11ClO2S/c1-7-6-15-11(10(7)12)9(13)5-8-3-2-4-14-8/h2-4,6,9,13H,5H2,1H3. The zero-order valence-corrected chi connectivity index (χ0v) is 9.81. The molecule has 0 aliphatic rings. The number of aliphatic hydroxyl groups is 1. The van der Waals surface area contributed by atoms with Crippen LogP contribution in [-0.4, -0.2) is 5.11 Å². The molecular weight excluding hydrogens is 232 g/mol. The Kier molecular flexibility index (Phi) is 3.14. The van der Waals surface area contributed by atoms with Gasteiger partial charge in [0.15, 0.2) is 0 Å². The lowest BCUT2D eigenvalue weighted by Gasteiger charge is -2.07. The summed E-state index contributed by atoms with van der Waals surface area (Å²) in [7, 11) is 0. The van der Waals surface area contributed by atoms with Gasteiger partial charge in [-0.2, -0.15) is 0 Å². The van der Waals surface area contributed by atoms with Gasteiger partial charge in [0.1, 0.15) is 5.76 Å². The molecule has 1 N–H and O–H groups in total. The molecule has 15 heavy (non-hydrogen) atoms. The van der Waals surface area contributed by atoms with Crippen LogP contribution in [0.15, 0.2) is 28.2 Å². The minimum atomic E-state index is -0.581. The number of aryl methyl sites for hydroxylation is 1. The van der Waals surface area contributed by atoms with Crippen molar-refractivity contribution in [3.63, 3.8) is 0 Å². The van der Waals surface area contributed by atoms with Crippen molar-refractivity contribution >= 4 is 22.9 Å². The Hall–Kier alpha value is -0.770. The van der Waals surface area contributed by atoms with Gasteiger partial charge in [-0.05, 0) is 30.0 Å². The van der Waals surface area contributed by atoms with Crippen LogP contribution >= 0.6 is 22.9 Å². The van der Waals surface area contributed by atoms with Crippen molar-refractivity contribution in [2.24, 2.45) is 0 Å². The van der Waals surface area contributed by atoms with Crippen LogP contribution in [0.5, 0.6) is 0 Å². The Bertz CT molecular complexity index is 433. The summed E-state index contributed by atoms with van der Waals surface area (Å²) in [4.78, 5) is 0.811. The van der Waals surface area contributed by atoms with Crippen molar-refractivity contribution < 1.29 is 9.52 Å². The van der Waals surface area contributed by atoms with Gasteiger partial charge in [-0.1, -0.05) is 11.6 Å². The highest BCUT2D eigenvalue weighted by Crippen LogP contribution is 2.33. The van der Waals surface area contributed by atoms with E-state index in [1.165, 1.54) is 11.3 Å². The molecule has 0 spiro atoms. The second kappa shape index (κ2) is 4.39. The van der Waals surface area contributed by atoms with Crippen molar-refractivity contribution in [2.45, 2.75) is 19.4 Å². The third kappa shape index (κ3) is 2.25. The molecule has 0 saturated heterocycles. The van der Waals surface area contributed by atoms with Gasteiger partial charge in [0.05, 0.1) is 22.3 Å². The van der Waals surface area contributed by atoms with E-state index < -0.39 is 6.10 Å². The molecule has 0 aromatic carbocycles. The van der Waals surface area contributed by atoms with Crippen LogP contribution in [-0.2, 0) is 6.42 Å². The molecule has 2 aromatic heterocycles. The fourth-order valence-electron chi connectivity index (χ4n) is 1.39. The van der Waals surface area contributed by atoms with Crippen molar-refractivity contribution in [1.82, 2.24) is 0 Å². The molecule has 0 radical (unpaired) electrons. The normalized spacial score (nSPS) is 13.0. The highest BCUT2D eigenvalue weighted by molar-refractivity contribution is 7.10. The summed E-state index contributed by atoms with van der Waals surface area (Å²) in [6, 6.07) is 3.65. The van der Waals surface area contributed by atoms with Gasteiger partial charge >= 0.3 is 0 Å². The molecule has 0 aliphatic carbocycles. The summed E-state index contributed by atoms with van der Waals surface area (Å²) in [5.41, 5.74) is 1.01. The van der Waals surface area contributed by atoms with Crippen LogP contribution in [0.2, 0.25) is 5.02 Å². The quantitative estimate of drug-likeness (QED) is 0.893. The van der Waals surface area contributed by atoms with Gasteiger partial charge in [-0.3, -0.25) is 0 Å². The van der Waals surface area contributed by atoms with E-state index in [-0.39, 0.29) is 0 Å². The molecule has 2 aromatic rings. The third-order valence-corrected chi connectivity index (χ3v) is 4.02. The van der Waals surface area contributed by atoms with E-state index in [4.69, 9.17) is 16.0 Å². The van der Waals surface area contributed by atoms with E-state index in [0.29, 0.717) is 11.4 Å². The maximum atomic E-state index is 9.95. The fraction of sp³-hybridized carbons (Fsp3) is 0.273. The Labute approximate surface area is 97.1 Å². The number of thiophene rings is 1. The number of halogens is 1. The molecule has 2 rings (SSSR count). The first-order chi connectivity index (χ1) is 7.18. The molecular formula is C11H11ClO2S. The first-order valence-corrected chi connectivity index (χ1v) is 5.88. The van der Waals surface area contributed by atoms with Crippen LogP contribution < -0.4 is 0 Å². The average Bonchev–Trinajstić information content (AvgIpc) is 2.79. The Balaban J connectivity index is 2.14. The zero-order valence-electron chi connectivity index (χ0n) is 8.24. The van der Waals surface area contributed by atoms with Gasteiger partial charge in [0, 0.05) is 6.42 Å². The zero-order chi connectivity index (χ0) is 10.8. The molecule has 80 valence electrons. The molecule has 2 heterocycles. The maximum absolute atomic E-state index is 9.95. The van der Waals surface area contributed by atoms with Crippen molar-refractivity contribution in [3.05, 3.63) is 45.0 Å². The molecule has 0 aliphatic heterocycles. The highest BCUT2D eigenvalue weighted by atomic mass is 35.5. The molecule has 1 unspecified atom stereocenters. The molecule has 0 fully saturated rings. The van der Waals surface area contributed by atoms with Gasteiger partial charge < -0.3 is 9.52 Å². The lowest BCUT2D eigenvalue weighted by atomic mass is 10.1. The van der Waals surface area contributed by atoms with E-state index in [1.807, 2.05) is 24.4 Å². The fourth-order valence-corrected chi connectivity index (χ4v) is 2.69. The molecule has 0 amide bonds. The number of hydrogen-bond donors (Lipinski definition) is 1. The van der Waals surface area contributed by atoms with E-state index in [1.54, 1.807) is 6.26 Å². The van der Waals surface area contributed by atoms with Crippen LogP contribution in [0, 0.1) is 6.92 Å². The maximum Gasteiger partial charge on any atom is 0.106 e. The second-order valence-electron chi connectivity index (χ2n) is 3.40. The van der Waals surface area contributed by atoms with Crippen LogP contribution in [0.25, 0.3) is 0 Å². The van der Waals surface area contributed by atoms with Crippen LogP contribution in [0.1, 0.15) is 22.3 Å². The lowest BCUT2D eigenvalue weighted by Crippen LogP contribution is -1.99. The Morgan fingerprint density at radius 2 is 2.40 bits per heavy atom. The van der Waals surface area contributed by atoms with E-state index in [9.17, 15) is 5.11 Å². The molecule has 1 atom stereocenters. The molecule has 2 nitrogen and oxygen atoms in total. The predicted octanol–water partition coefficient (Wildman–Crippen LogP) is 3.58. The lowest BCUT2D eigenvalue weighted by molar-refractivity contribution is 0.174. The summed E-state index contributed by atoms with van der Waals surface area (Å²) in [6.45, 7) is 1.93. The monoisotopic (exact) mass is 242 g/mol. The largest absolute Gasteiger partial charge is 0.469 e. The second-order valence-corrected chi connectivity index (χ2v) is 4.69. The smallest absolute Gasteiger partial charge is 0.106 e. The van der Waals surface area contributed by atoms with E-state index in [2.05, 4.69) is 0 Å². The molecule has 4 heteroatoms. The van der Waals surface area contributed by atoms with Crippen molar-refractivity contribution in [3.8, 4) is 0 Å². The van der Waals surface area contributed by atoms with Crippen molar-refractivity contribution in [2.75, 3.05) is 0 Å². The molecule has 0 saturated carbocycles. The van der Waals surface area contributed by atoms with Gasteiger partial charge in [-0.25, -0.2) is 0 Å². The Morgan fingerprint density at radius 3 is 2.93 bits per heavy atom. The molecule has 0 bridgehead atoms. The minimum Gasteiger partial charge on any atom is -0.469 e. The van der Waals surface area contributed by atoms with Crippen LogP contribution in [0.3, 0.4) is 0 Å². The van der Waals surface area contributed by atoms with E-state index >= 15 is 0 Å². The Morgan fingerprint density at radius 1 is 1.60 bits per heavy atom. The minimum absolute atomic E-state index is 0.465. The van der Waals surface area contributed by atoms with Gasteiger partial charge in [0.2, 0.25) is 0 Å². The highest BCUT2D eigenvalue weighted by Gasteiger charge is 2.16. The summed E-state index contributed by atoms with van der Waals surface area (Å²) in [5.74, 6) is 0.768. The summed E-state index contributed by atoms with van der Waals surface area (Å²) in [6.07, 6.45) is 1.48. The summed E-state index contributed by atoms with van der Waals surface area (Å²) < 4.78 is 5.17. The van der Waals surface area contributed by atoms with Gasteiger partial charge in [-0.15, -0.1) is 11.3 Å². The van der Waals surface area contributed by atoms with Crippen LogP contribution in [0.4, 0.5) is 0 Å². The average molecular weight is 243 g/mol. The number of rotatable bonds is 3. The summed E-state index contributed by atoms with van der Waals surface area (Å²) in [5, 5.41) is 12.6. The summed E-state index contributed by atoms with van der Waals surface area (Å²) >= 11 is 7.55. The predicted molar refractivity (Wildman–Crippen MR) is 61.4 cm³/mol. The number of furan rings is 1. The topological polar surface area (TPSA) is 33.4 Å². The number of aliphatic hydroxyl groups excluding tert-OH is 1. The van der Waals surface area contributed by atoms with Gasteiger partial charge in [0.25, 0.3) is 0 Å². The van der Waals surface area contributed by atoms with E-state index in [0.717, 1.165) is 16.2 Å². The SMILES string of the molecule is Cc1csc(C(O)Cc2ccco2)c1Cl. The van der Waals surface area contributed by atoms with Crippen molar-refractivity contribution in [1.29, 1.82) is 0 Å².